The molecule has 9 heteroatoms. The summed E-state index contributed by atoms with van der Waals surface area (Å²) in [6.45, 7) is 0. The monoisotopic (exact) mass is 448 g/mol. The van der Waals surface area contributed by atoms with Crippen molar-refractivity contribution in [1.29, 1.82) is 0 Å². The molecule has 3 aromatic rings. The summed E-state index contributed by atoms with van der Waals surface area (Å²) in [7, 11) is -3.79. The fourth-order valence-electron chi connectivity index (χ4n) is 2.21. The number of sulfonamides is 1. The van der Waals surface area contributed by atoms with Crippen molar-refractivity contribution in [3.05, 3.63) is 94.0 Å². The lowest BCUT2D eigenvalue weighted by Crippen LogP contribution is -2.18. The van der Waals surface area contributed by atoms with Gasteiger partial charge in [0.25, 0.3) is 10.0 Å². The fourth-order valence-corrected chi connectivity index (χ4v) is 3.25. The lowest BCUT2D eigenvalue weighted by Gasteiger charge is -2.05. The van der Waals surface area contributed by atoms with E-state index in [4.69, 9.17) is 27.9 Å². The van der Waals surface area contributed by atoms with Gasteiger partial charge in [-0.3, -0.25) is 0 Å². The molecule has 0 fully saturated rings. The van der Waals surface area contributed by atoms with Crippen LogP contribution in [0.5, 0.6) is 5.75 Å². The molecule has 0 aromatic heterocycles. The molecule has 0 aliphatic rings. The number of ether oxygens (including phenoxy) is 1. The van der Waals surface area contributed by atoms with Crippen molar-refractivity contribution in [2.75, 3.05) is 0 Å². The molecule has 0 aliphatic heterocycles. The predicted octanol–water partition coefficient (Wildman–Crippen LogP) is 4.53. The van der Waals surface area contributed by atoms with Gasteiger partial charge in [0.05, 0.1) is 16.7 Å². The van der Waals surface area contributed by atoms with E-state index < -0.39 is 16.0 Å². The molecule has 0 amide bonds. The first kappa shape index (κ1) is 20.9. The molecule has 0 spiro atoms. The van der Waals surface area contributed by atoms with Crippen LogP contribution in [0.1, 0.15) is 15.9 Å². The number of benzene rings is 3. The second-order valence-electron chi connectivity index (χ2n) is 5.77. The molecular formula is C20H14Cl2N2O4S. The highest BCUT2D eigenvalue weighted by atomic mass is 35.5. The average Bonchev–Trinajstić information content (AvgIpc) is 2.70. The molecule has 0 saturated heterocycles. The molecule has 0 aliphatic carbocycles. The molecule has 0 saturated carbocycles. The van der Waals surface area contributed by atoms with Crippen molar-refractivity contribution in [2.45, 2.75) is 4.90 Å². The number of rotatable bonds is 6. The third-order valence-corrected chi connectivity index (χ3v) is 5.42. The van der Waals surface area contributed by atoms with Crippen LogP contribution in [0.25, 0.3) is 0 Å². The zero-order valence-corrected chi connectivity index (χ0v) is 17.1. The molecule has 0 bridgehead atoms. The molecule has 3 aromatic carbocycles. The van der Waals surface area contributed by atoms with E-state index in [-0.39, 0.29) is 4.90 Å². The summed E-state index contributed by atoms with van der Waals surface area (Å²) in [5.41, 5.74) is 0.978. The van der Waals surface area contributed by atoms with Crippen LogP contribution in [0, 0.1) is 0 Å². The number of nitrogens with one attached hydrogen (secondary N) is 1. The van der Waals surface area contributed by atoms with E-state index in [0.717, 1.165) is 0 Å². The zero-order valence-electron chi connectivity index (χ0n) is 14.7. The normalized spacial score (nSPS) is 11.4. The Labute approximate surface area is 177 Å². The minimum atomic E-state index is -3.79. The summed E-state index contributed by atoms with van der Waals surface area (Å²) in [5.74, 6) is -0.178. The Morgan fingerprint density at radius 3 is 2.00 bits per heavy atom. The van der Waals surface area contributed by atoms with E-state index in [1.807, 2.05) is 0 Å². The molecule has 0 atom stereocenters. The quantitative estimate of drug-likeness (QED) is 0.260. The maximum Gasteiger partial charge on any atom is 0.343 e. The molecule has 0 heterocycles. The van der Waals surface area contributed by atoms with Gasteiger partial charge < -0.3 is 4.74 Å². The van der Waals surface area contributed by atoms with E-state index in [1.54, 1.807) is 48.5 Å². The van der Waals surface area contributed by atoms with E-state index in [9.17, 15) is 13.2 Å². The third-order valence-electron chi connectivity index (χ3n) is 3.68. The first-order valence-corrected chi connectivity index (χ1v) is 10.5. The molecule has 0 unspecified atom stereocenters. The van der Waals surface area contributed by atoms with Gasteiger partial charge >= 0.3 is 5.97 Å². The second kappa shape index (κ2) is 9.09. The first-order valence-electron chi connectivity index (χ1n) is 8.22. The fraction of sp³-hybridized carbons (Fsp3) is 0. The number of esters is 1. The second-order valence-corrected chi connectivity index (χ2v) is 8.31. The van der Waals surface area contributed by atoms with E-state index in [2.05, 4.69) is 9.93 Å². The molecule has 3 rings (SSSR count). The number of carbonyl (C=O) groups is 1. The largest absolute Gasteiger partial charge is 0.423 e. The van der Waals surface area contributed by atoms with Gasteiger partial charge in [-0.15, -0.1) is 0 Å². The van der Waals surface area contributed by atoms with Crippen LogP contribution in [0.3, 0.4) is 0 Å². The lowest BCUT2D eigenvalue weighted by molar-refractivity contribution is 0.0734. The van der Waals surface area contributed by atoms with Crippen LogP contribution in [0.15, 0.2) is 82.8 Å². The van der Waals surface area contributed by atoms with Gasteiger partial charge in [0.2, 0.25) is 0 Å². The highest BCUT2D eigenvalue weighted by molar-refractivity contribution is 7.89. The van der Waals surface area contributed by atoms with Gasteiger partial charge in [0.1, 0.15) is 5.75 Å². The Bertz CT molecular complexity index is 1130. The summed E-state index contributed by atoms with van der Waals surface area (Å²) in [5, 5.41) is 4.70. The molecule has 148 valence electrons. The number of hydrazone groups is 1. The lowest BCUT2D eigenvalue weighted by atomic mass is 10.2. The van der Waals surface area contributed by atoms with E-state index >= 15 is 0 Å². The van der Waals surface area contributed by atoms with Crippen molar-refractivity contribution in [2.24, 2.45) is 5.10 Å². The van der Waals surface area contributed by atoms with Crippen molar-refractivity contribution in [3.63, 3.8) is 0 Å². The van der Waals surface area contributed by atoms with Gasteiger partial charge in [-0.2, -0.15) is 13.5 Å². The molecule has 0 radical (unpaired) electrons. The maximum absolute atomic E-state index is 12.1. The van der Waals surface area contributed by atoms with Crippen LogP contribution < -0.4 is 9.57 Å². The molecular weight excluding hydrogens is 435 g/mol. The number of carbonyl (C=O) groups excluding carboxylic acids is 1. The van der Waals surface area contributed by atoms with Crippen LogP contribution in [-0.4, -0.2) is 20.6 Å². The SMILES string of the molecule is O=C(Oc1ccc(C=NNS(=O)(=O)c2ccc(Cl)cc2)cc1)c1ccc(Cl)cc1. The van der Waals surface area contributed by atoms with Gasteiger partial charge in [0.15, 0.2) is 0 Å². The summed E-state index contributed by atoms with van der Waals surface area (Å²) in [4.78, 5) is 14.2. The Balaban J connectivity index is 1.60. The maximum atomic E-state index is 12.1. The van der Waals surface area contributed by atoms with Crippen molar-refractivity contribution < 1.29 is 17.9 Å². The zero-order chi connectivity index (χ0) is 20.9. The van der Waals surface area contributed by atoms with Crippen molar-refractivity contribution in [3.8, 4) is 5.75 Å². The van der Waals surface area contributed by atoms with E-state index in [0.29, 0.717) is 26.9 Å². The summed E-state index contributed by atoms with van der Waals surface area (Å²) < 4.78 is 29.5. The number of hydrogen-bond acceptors (Lipinski definition) is 5. The van der Waals surface area contributed by atoms with Crippen LogP contribution in [-0.2, 0) is 10.0 Å². The van der Waals surface area contributed by atoms with Gasteiger partial charge in [-0.05, 0) is 78.4 Å². The van der Waals surface area contributed by atoms with Gasteiger partial charge in [0, 0.05) is 10.0 Å². The Kier molecular flexibility index (Phi) is 6.53. The Morgan fingerprint density at radius 1 is 0.862 bits per heavy atom. The Morgan fingerprint density at radius 2 is 1.41 bits per heavy atom. The molecule has 6 nitrogen and oxygen atoms in total. The van der Waals surface area contributed by atoms with Crippen molar-refractivity contribution in [1.82, 2.24) is 4.83 Å². The smallest absolute Gasteiger partial charge is 0.343 e. The molecule has 29 heavy (non-hydrogen) atoms. The third kappa shape index (κ3) is 5.80. The minimum absolute atomic E-state index is 0.0449. The standard InChI is InChI=1S/C20H14Cl2N2O4S/c21-16-5-3-15(4-6-16)20(25)28-18-9-1-14(2-10-18)13-23-24-29(26,27)19-11-7-17(22)8-12-19/h1-13,24H. The van der Waals surface area contributed by atoms with Crippen LogP contribution in [0.2, 0.25) is 10.0 Å². The highest BCUT2D eigenvalue weighted by Crippen LogP contribution is 2.16. The number of nitrogens with zero attached hydrogens (tertiary/aromatic N) is 1. The van der Waals surface area contributed by atoms with E-state index in [1.165, 1.54) is 30.5 Å². The van der Waals surface area contributed by atoms with Gasteiger partial charge in [-0.1, -0.05) is 23.2 Å². The topological polar surface area (TPSA) is 84.8 Å². The average molecular weight is 449 g/mol. The minimum Gasteiger partial charge on any atom is -0.423 e. The summed E-state index contributed by atoms with van der Waals surface area (Å²) >= 11 is 11.5. The number of halogens is 2. The summed E-state index contributed by atoms with van der Waals surface area (Å²) in [6.07, 6.45) is 1.33. The van der Waals surface area contributed by atoms with Crippen LogP contribution >= 0.6 is 23.2 Å². The predicted molar refractivity (Wildman–Crippen MR) is 112 cm³/mol. The Hall–Kier alpha value is -2.87. The van der Waals surface area contributed by atoms with Crippen molar-refractivity contribution >= 4 is 45.4 Å². The molecule has 1 N–H and O–H groups in total. The highest BCUT2D eigenvalue weighted by Gasteiger charge is 2.12. The van der Waals surface area contributed by atoms with Gasteiger partial charge in [-0.25, -0.2) is 9.63 Å². The number of hydrogen-bond donors (Lipinski definition) is 1. The summed E-state index contributed by atoms with van der Waals surface area (Å²) in [6, 6.07) is 18.4. The first-order chi connectivity index (χ1) is 13.8. The van der Waals surface area contributed by atoms with Crippen LogP contribution in [0.4, 0.5) is 0 Å².